The molecule has 1 aliphatic heterocycles. The van der Waals surface area contributed by atoms with Crippen molar-refractivity contribution in [3.05, 3.63) is 89.4 Å². The Morgan fingerprint density at radius 1 is 1.00 bits per heavy atom. The Bertz CT molecular complexity index is 1710. The number of nitrogens with zero attached hydrogens (tertiary/aromatic N) is 2. The number of halogens is 1. The fourth-order valence-electron chi connectivity index (χ4n) is 4.91. The molecular formula is C26H22ClN3O8S2. The van der Waals surface area contributed by atoms with Gasteiger partial charge in [0, 0.05) is 17.5 Å². The van der Waals surface area contributed by atoms with E-state index in [1.165, 1.54) is 12.1 Å². The third-order valence-electron chi connectivity index (χ3n) is 7.01. The van der Waals surface area contributed by atoms with Crippen LogP contribution in [0.25, 0.3) is 11.1 Å². The molecule has 3 aromatic rings. The molecule has 1 aliphatic carbocycles. The number of carbonyl (C=O) groups is 3. The van der Waals surface area contributed by atoms with E-state index < -0.39 is 62.6 Å². The van der Waals surface area contributed by atoms with Crippen molar-refractivity contribution in [3.63, 3.8) is 0 Å². The molecule has 2 aliphatic rings. The first-order valence-electron chi connectivity index (χ1n) is 11.9. The van der Waals surface area contributed by atoms with E-state index in [0.29, 0.717) is 16.1 Å². The van der Waals surface area contributed by atoms with Crippen molar-refractivity contribution in [2.45, 2.75) is 22.8 Å². The lowest BCUT2D eigenvalue weighted by Gasteiger charge is -2.30. The van der Waals surface area contributed by atoms with Gasteiger partial charge >= 0.3 is 28.0 Å². The normalized spacial score (nSPS) is 21.9. The Labute approximate surface area is 235 Å². The highest BCUT2D eigenvalue weighted by Gasteiger charge is 2.68. The van der Waals surface area contributed by atoms with Gasteiger partial charge in [0.25, 0.3) is 0 Å². The zero-order chi connectivity index (χ0) is 28.9. The molecule has 1 heterocycles. The molecule has 0 spiro atoms. The third kappa shape index (κ3) is 4.74. The number of benzene rings is 3. The van der Waals surface area contributed by atoms with Crippen LogP contribution in [0.2, 0.25) is 5.02 Å². The summed E-state index contributed by atoms with van der Waals surface area (Å²) in [4.78, 5) is 36.3. The van der Waals surface area contributed by atoms with E-state index in [4.69, 9.17) is 11.6 Å². The van der Waals surface area contributed by atoms with Gasteiger partial charge in [-0.1, -0.05) is 66.2 Å². The van der Waals surface area contributed by atoms with Crippen LogP contribution in [0.4, 0.5) is 0 Å². The zero-order valence-corrected chi connectivity index (χ0v) is 23.0. The monoisotopic (exact) mass is 603 g/mol. The maximum absolute atomic E-state index is 14.0. The molecule has 14 heteroatoms. The Balaban J connectivity index is 1.54. The van der Waals surface area contributed by atoms with Crippen molar-refractivity contribution >= 4 is 49.6 Å². The minimum Gasteiger partial charge on any atom is -0.480 e. The molecular weight excluding hydrogens is 582 g/mol. The molecule has 0 bridgehead atoms. The van der Waals surface area contributed by atoms with E-state index in [1.807, 2.05) is 0 Å². The van der Waals surface area contributed by atoms with Gasteiger partial charge < -0.3 is 5.11 Å². The van der Waals surface area contributed by atoms with Gasteiger partial charge in [-0.3, -0.25) is 14.4 Å². The van der Waals surface area contributed by atoms with Crippen molar-refractivity contribution in [2.75, 3.05) is 13.1 Å². The summed E-state index contributed by atoms with van der Waals surface area (Å²) in [5.41, 5.74) is 0.0966. The van der Waals surface area contributed by atoms with E-state index in [0.717, 1.165) is 9.87 Å². The molecule has 0 radical (unpaired) electrons. The number of aliphatic carboxylic acids is 1. The molecule has 0 aromatic heterocycles. The molecule has 1 saturated carbocycles. The first-order chi connectivity index (χ1) is 18.9. The fourth-order valence-corrected chi connectivity index (χ4v) is 7.86. The minimum absolute atomic E-state index is 0.0771. The van der Waals surface area contributed by atoms with Crippen LogP contribution in [0.5, 0.6) is 0 Å². The Morgan fingerprint density at radius 3 is 2.10 bits per heavy atom. The summed E-state index contributed by atoms with van der Waals surface area (Å²) >= 11 is 5.94. The number of hydrogen-bond acceptors (Lipinski definition) is 7. The predicted octanol–water partition coefficient (Wildman–Crippen LogP) is 2.21. The van der Waals surface area contributed by atoms with Gasteiger partial charge in [0.15, 0.2) is 0 Å². The Hall–Kier alpha value is -3.78. The van der Waals surface area contributed by atoms with Crippen molar-refractivity contribution in [2.24, 2.45) is 0 Å². The van der Waals surface area contributed by atoms with Crippen molar-refractivity contribution < 1.29 is 36.3 Å². The number of carboxylic acid groups (broad SMARTS) is 1. The van der Waals surface area contributed by atoms with Crippen LogP contribution < -0.4 is 4.72 Å². The second-order valence-corrected chi connectivity index (χ2v) is 13.2. The molecule has 2 atom stereocenters. The first kappa shape index (κ1) is 27.8. The van der Waals surface area contributed by atoms with E-state index >= 15 is 0 Å². The van der Waals surface area contributed by atoms with Crippen LogP contribution in [0.1, 0.15) is 17.9 Å². The molecule has 5 rings (SSSR count). The number of amides is 2. The number of carbonyl (C=O) groups excluding carboxylic acids is 2. The average molecular weight is 604 g/mol. The van der Waals surface area contributed by atoms with E-state index in [9.17, 15) is 36.3 Å². The molecule has 40 heavy (non-hydrogen) atoms. The SMILES string of the molecule is O=C1NS(=O)(=O)N(CCN(C2(C(=O)O)CC2c2ccccc2)S(=O)(=O)c2ccc(-c3ccc(Cl)cc3)cc2)C1=O. The lowest BCUT2D eigenvalue weighted by Crippen LogP contribution is -2.51. The summed E-state index contributed by atoms with van der Waals surface area (Å²) in [7, 11) is -9.09. The molecule has 2 N–H and O–H groups in total. The van der Waals surface area contributed by atoms with E-state index in [2.05, 4.69) is 0 Å². The molecule has 11 nitrogen and oxygen atoms in total. The molecule has 1 saturated heterocycles. The summed E-state index contributed by atoms with van der Waals surface area (Å²) in [6.45, 7) is -1.46. The highest BCUT2D eigenvalue weighted by atomic mass is 35.5. The predicted molar refractivity (Wildman–Crippen MR) is 144 cm³/mol. The first-order valence-corrected chi connectivity index (χ1v) is 15.2. The minimum atomic E-state index is -4.55. The summed E-state index contributed by atoms with van der Waals surface area (Å²) in [6.07, 6.45) is -0.0771. The lowest BCUT2D eigenvalue weighted by molar-refractivity contribution is -0.143. The number of rotatable bonds is 9. The molecule has 3 aromatic carbocycles. The van der Waals surface area contributed by atoms with Crippen molar-refractivity contribution in [3.8, 4) is 11.1 Å². The van der Waals surface area contributed by atoms with Crippen LogP contribution >= 0.6 is 11.6 Å². The second-order valence-electron chi connectivity index (χ2n) is 9.32. The van der Waals surface area contributed by atoms with Crippen molar-refractivity contribution in [1.82, 2.24) is 13.3 Å². The summed E-state index contributed by atoms with van der Waals surface area (Å²) in [5.74, 6) is -4.93. The maximum Gasteiger partial charge on any atom is 0.329 e. The molecule has 2 fully saturated rings. The van der Waals surface area contributed by atoms with E-state index in [-0.39, 0.29) is 15.6 Å². The highest BCUT2D eigenvalue weighted by molar-refractivity contribution is 7.89. The summed E-state index contributed by atoms with van der Waals surface area (Å²) < 4.78 is 55.0. The molecule has 208 valence electrons. The number of hydrogen-bond donors (Lipinski definition) is 2. The summed E-state index contributed by atoms with van der Waals surface area (Å²) in [5, 5.41) is 10.9. The Kier molecular flexibility index (Phi) is 6.94. The maximum atomic E-state index is 14.0. The van der Waals surface area contributed by atoms with E-state index in [1.54, 1.807) is 71.5 Å². The molecule has 2 unspecified atom stereocenters. The van der Waals surface area contributed by atoms with Gasteiger partial charge in [0.1, 0.15) is 5.54 Å². The summed E-state index contributed by atoms with van der Waals surface area (Å²) in [6, 6.07) is 21.1. The van der Waals surface area contributed by atoms with Gasteiger partial charge in [-0.2, -0.15) is 12.7 Å². The fraction of sp³-hybridized carbons (Fsp3) is 0.192. The average Bonchev–Trinajstić information content (AvgIpc) is 3.64. The zero-order valence-electron chi connectivity index (χ0n) is 20.6. The van der Waals surface area contributed by atoms with Gasteiger partial charge in [-0.25, -0.2) is 17.4 Å². The van der Waals surface area contributed by atoms with Crippen LogP contribution in [0.3, 0.4) is 0 Å². The largest absolute Gasteiger partial charge is 0.480 e. The lowest BCUT2D eigenvalue weighted by atomic mass is 10.1. The van der Waals surface area contributed by atoms with Gasteiger partial charge in [-0.05, 0) is 47.4 Å². The van der Waals surface area contributed by atoms with Gasteiger partial charge in [-0.15, -0.1) is 0 Å². The van der Waals surface area contributed by atoms with Crippen LogP contribution in [0.15, 0.2) is 83.8 Å². The van der Waals surface area contributed by atoms with Gasteiger partial charge in [0.05, 0.1) is 11.4 Å². The van der Waals surface area contributed by atoms with Crippen LogP contribution in [-0.2, 0) is 34.6 Å². The van der Waals surface area contributed by atoms with Crippen LogP contribution in [-0.4, -0.2) is 67.0 Å². The van der Waals surface area contributed by atoms with Gasteiger partial charge in [0.2, 0.25) is 10.0 Å². The number of nitrogens with one attached hydrogen (secondary N) is 1. The standard InChI is InChI=1S/C26H22ClN3O8S2/c27-20-10-6-17(7-11-20)18-8-12-21(13-9-18)39(35,36)30(15-14-29-24(32)23(31)28-40(29,37)38)26(25(33)34)16-22(26)19-4-2-1-3-5-19/h1-13,22H,14-16H2,(H,28,31)(H,33,34). The van der Waals surface area contributed by atoms with Crippen LogP contribution in [0, 0.1) is 0 Å². The number of carboxylic acids is 1. The quantitative estimate of drug-likeness (QED) is 0.352. The third-order valence-corrected chi connectivity index (χ3v) is 10.6. The topological polar surface area (TPSA) is 158 Å². The number of sulfonamides is 1. The Morgan fingerprint density at radius 2 is 1.57 bits per heavy atom. The molecule has 2 amide bonds. The smallest absolute Gasteiger partial charge is 0.329 e. The second kappa shape index (κ2) is 10.0. The van der Waals surface area contributed by atoms with Crippen molar-refractivity contribution in [1.29, 1.82) is 0 Å². The highest BCUT2D eigenvalue weighted by Crippen LogP contribution is 2.57.